The van der Waals surface area contributed by atoms with Crippen molar-refractivity contribution in [2.75, 3.05) is 12.3 Å². The van der Waals surface area contributed by atoms with Crippen molar-refractivity contribution < 1.29 is 4.74 Å². The van der Waals surface area contributed by atoms with Gasteiger partial charge in [-0.25, -0.2) is 4.98 Å². The van der Waals surface area contributed by atoms with Gasteiger partial charge in [0.2, 0.25) is 5.88 Å². The Bertz CT molecular complexity index is 653. The highest BCUT2D eigenvalue weighted by Gasteiger charge is 2.22. The van der Waals surface area contributed by atoms with Crippen LogP contribution >= 0.6 is 11.8 Å². The van der Waals surface area contributed by atoms with Crippen LogP contribution in [-0.4, -0.2) is 11.6 Å². The van der Waals surface area contributed by atoms with Crippen molar-refractivity contribution in [2.24, 2.45) is 5.92 Å². The molecule has 4 heteroatoms. The number of benzene rings is 1. The van der Waals surface area contributed by atoms with Gasteiger partial charge < -0.3 is 10.5 Å². The van der Waals surface area contributed by atoms with Crippen molar-refractivity contribution in [3.8, 4) is 5.88 Å². The van der Waals surface area contributed by atoms with E-state index >= 15 is 0 Å². The fraction of sp³-hybridized carbons (Fsp3) is 0.353. The lowest BCUT2D eigenvalue weighted by molar-refractivity contribution is 0.288. The van der Waals surface area contributed by atoms with Gasteiger partial charge in [-0.3, -0.25) is 0 Å². The number of nitrogen functional groups attached to an aromatic ring is 1. The monoisotopic (exact) mass is 300 g/mol. The molecule has 1 saturated carbocycles. The first-order chi connectivity index (χ1) is 10.1. The van der Waals surface area contributed by atoms with E-state index in [1.165, 1.54) is 28.9 Å². The minimum Gasteiger partial charge on any atom is -0.476 e. The third-order valence-corrected chi connectivity index (χ3v) is 4.68. The number of pyridine rings is 1. The van der Waals surface area contributed by atoms with Crippen LogP contribution in [0.3, 0.4) is 0 Å². The third kappa shape index (κ3) is 3.70. The number of aromatic nitrogens is 1. The Labute approximate surface area is 129 Å². The van der Waals surface area contributed by atoms with Gasteiger partial charge in [0.25, 0.3) is 0 Å². The summed E-state index contributed by atoms with van der Waals surface area (Å²) in [4.78, 5) is 5.76. The molecule has 2 N–H and O–H groups in total. The normalized spacial score (nSPS) is 14.2. The molecule has 3 rings (SSSR count). The average molecular weight is 300 g/mol. The van der Waals surface area contributed by atoms with Gasteiger partial charge >= 0.3 is 0 Å². The lowest BCUT2D eigenvalue weighted by Crippen LogP contribution is -2.04. The zero-order valence-electron chi connectivity index (χ0n) is 12.4. The number of hydrogen-bond acceptors (Lipinski definition) is 4. The molecule has 1 aromatic heterocycles. The first-order valence-electron chi connectivity index (χ1n) is 7.26. The Kier molecular flexibility index (Phi) is 4.06. The molecule has 1 aromatic carbocycles. The summed E-state index contributed by atoms with van der Waals surface area (Å²) in [5, 5.41) is 0.918. The van der Waals surface area contributed by atoms with Crippen LogP contribution < -0.4 is 10.5 Å². The van der Waals surface area contributed by atoms with E-state index in [0.29, 0.717) is 17.5 Å². The molecule has 0 aliphatic heterocycles. The van der Waals surface area contributed by atoms with E-state index in [0.717, 1.165) is 11.6 Å². The molecule has 1 aliphatic carbocycles. The lowest BCUT2D eigenvalue weighted by atomic mass is 10.2. The smallest absolute Gasteiger partial charge is 0.238 e. The fourth-order valence-electron chi connectivity index (χ4n) is 2.11. The van der Waals surface area contributed by atoms with Gasteiger partial charge in [-0.15, -0.1) is 0 Å². The Morgan fingerprint density at radius 3 is 2.76 bits per heavy atom. The van der Waals surface area contributed by atoms with Gasteiger partial charge in [0.15, 0.2) is 0 Å². The van der Waals surface area contributed by atoms with Crippen LogP contribution in [0.5, 0.6) is 5.88 Å². The summed E-state index contributed by atoms with van der Waals surface area (Å²) in [5.41, 5.74) is 9.09. The number of rotatable bonds is 5. The molecule has 1 heterocycles. The van der Waals surface area contributed by atoms with Gasteiger partial charge in [-0.1, -0.05) is 29.5 Å². The standard InChI is InChI=1S/C17H20N2OS/c1-11-3-7-15(12(2)9-11)21-16-8-6-14(18)17(19-16)20-10-13-4-5-13/h3,6-9,13H,4-5,10,18H2,1-2H3. The molecule has 0 bridgehead atoms. The van der Waals surface area contributed by atoms with Crippen molar-refractivity contribution in [1.82, 2.24) is 4.98 Å². The van der Waals surface area contributed by atoms with Gasteiger partial charge in [0.1, 0.15) is 5.03 Å². The van der Waals surface area contributed by atoms with Crippen LogP contribution in [0.1, 0.15) is 24.0 Å². The maximum Gasteiger partial charge on any atom is 0.238 e. The van der Waals surface area contributed by atoms with Crippen LogP contribution in [-0.2, 0) is 0 Å². The van der Waals surface area contributed by atoms with Crippen LogP contribution in [0, 0.1) is 19.8 Å². The average Bonchev–Trinajstić information content (AvgIpc) is 3.26. The second kappa shape index (κ2) is 5.98. The highest BCUT2D eigenvalue weighted by atomic mass is 32.2. The number of nitrogens with two attached hydrogens (primary N) is 1. The van der Waals surface area contributed by atoms with Crippen LogP contribution in [0.4, 0.5) is 5.69 Å². The minimum absolute atomic E-state index is 0.566. The van der Waals surface area contributed by atoms with Gasteiger partial charge in [-0.05, 0) is 56.4 Å². The molecule has 0 saturated heterocycles. The van der Waals surface area contributed by atoms with Gasteiger partial charge in [-0.2, -0.15) is 0 Å². The fourth-order valence-corrected chi connectivity index (χ4v) is 2.96. The topological polar surface area (TPSA) is 48.1 Å². The molecule has 2 aromatic rings. The van der Waals surface area contributed by atoms with E-state index in [4.69, 9.17) is 10.5 Å². The number of nitrogens with zero attached hydrogens (tertiary/aromatic N) is 1. The predicted molar refractivity (Wildman–Crippen MR) is 86.9 cm³/mol. The lowest BCUT2D eigenvalue weighted by Gasteiger charge is -2.10. The van der Waals surface area contributed by atoms with Crippen LogP contribution in [0.2, 0.25) is 0 Å². The summed E-state index contributed by atoms with van der Waals surface area (Å²) < 4.78 is 5.74. The van der Waals surface area contributed by atoms with Gasteiger partial charge in [0, 0.05) is 4.90 Å². The van der Waals surface area contributed by atoms with E-state index in [2.05, 4.69) is 37.0 Å². The molecular weight excluding hydrogens is 280 g/mol. The SMILES string of the molecule is Cc1ccc(Sc2ccc(N)c(OCC3CC3)n2)c(C)c1. The molecule has 0 amide bonds. The Balaban J connectivity index is 1.76. The summed E-state index contributed by atoms with van der Waals surface area (Å²) in [6.07, 6.45) is 2.52. The molecule has 0 atom stereocenters. The highest BCUT2D eigenvalue weighted by molar-refractivity contribution is 7.99. The summed E-state index contributed by atoms with van der Waals surface area (Å²) in [6, 6.07) is 10.3. The first-order valence-corrected chi connectivity index (χ1v) is 8.08. The van der Waals surface area contributed by atoms with Gasteiger partial charge in [0.05, 0.1) is 12.3 Å². The quantitative estimate of drug-likeness (QED) is 0.898. The molecule has 0 unspecified atom stereocenters. The summed E-state index contributed by atoms with van der Waals surface area (Å²) in [5.74, 6) is 1.26. The van der Waals surface area contributed by atoms with Crippen molar-refractivity contribution in [3.05, 3.63) is 41.5 Å². The van der Waals surface area contributed by atoms with Crippen molar-refractivity contribution in [1.29, 1.82) is 0 Å². The molecule has 1 fully saturated rings. The second-order valence-electron chi connectivity index (χ2n) is 5.67. The predicted octanol–water partition coefficient (Wildman–Crippen LogP) is 4.22. The van der Waals surface area contributed by atoms with E-state index in [1.807, 2.05) is 12.1 Å². The van der Waals surface area contributed by atoms with Crippen molar-refractivity contribution >= 4 is 17.4 Å². The summed E-state index contributed by atoms with van der Waals surface area (Å²) in [7, 11) is 0. The first kappa shape index (κ1) is 14.3. The highest BCUT2D eigenvalue weighted by Crippen LogP contribution is 2.34. The van der Waals surface area contributed by atoms with Crippen molar-refractivity contribution in [3.63, 3.8) is 0 Å². The maximum atomic E-state index is 5.94. The third-order valence-electron chi connectivity index (χ3n) is 3.56. The number of aryl methyl sites for hydroxylation is 2. The molecule has 0 radical (unpaired) electrons. The number of ether oxygens (including phenoxy) is 1. The molecule has 3 nitrogen and oxygen atoms in total. The Hall–Kier alpha value is -1.68. The molecule has 1 aliphatic rings. The maximum absolute atomic E-state index is 5.94. The van der Waals surface area contributed by atoms with E-state index in [9.17, 15) is 0 Å². The number of hydrogen-bond donors (Lipinski definition) is 1. The van der Waals surface area contributed by atoms with E-state index in [-0.39, 0.29) is 0 Å². The van der Waals surface area contributed by atoms with E-state index < -0.39 is 0 Å². The van der Waals surface area contributed by atoms with Crippen LogP contribution in [0.15, 0.2) is 40.3 Å². The zero-order valence-corrected chi connectivity index (χ0v) is 13.2. The Morgan fingerprint density at radius 1 is 1.24 bits per heavy atom. The summed E-state index contributed by atoms with van der Waals surface area (Å²) >= 11 is 1.65. The minimum atomic E-state index is 0.566. The van der Waals surface area contributed by atoms with Crippen molar-refractivity contribution in [2.45, 2.75) is 36.6 Å². The van der Waals surface area contributed by atoms with E-state index in [1.54, 1.807) is 11.8 Å². The van der Waals surface area contributed by atoms with Crippen LogP contribution in [0.25, 0.3) is 0 Å². The molecular formula is C17H20N2OS. The molecule has 110 valence electrons. The summed E-state index contributed by atoms with van der Waals surface area (Å²) in [6.45, 7) is 4.96. The zero-order chi connectivity index (χ0) is 14.8. The molecule has 21 heavy (non-hydrogen) atoms. The molecule has 0 spiro atoms. The largest absolute Gasteiger partial charge is 0.476 e. The second-order valence-corrected chi connectivity index (χ2v) is 6.73. The number of anilines is 1. The Morgan fingerprint density at radius 2 is 2.05 bits per heavy atom.